The van der Waals surface area contributed by atoms with Crippen LogP contribution in [0.4, 0.5) is 8.78 Å². The Kier molecular flexibility index (Phi) is 2.90. The third kappa shape index (κ3) is 1.62. The van der Waals surface area contributed by atoms with E-state index in [9.17, 15) is 17.2 Å². The summed E-state index contributed by atoms with van der Waals surface area (Å²) in [7, 11) is -3.95. The van der Waals surface area contributed by atoms with Crippen molar-refractivity contribution in [1.29, 1.82) is 5.26 Å². The van der Waals surface area contributed by atoms with E-state index in [4.69, 9.17) is 5.26 Å². The summed E-state index contributed by atoms with van der Waals surface area (Å²) in [5, 5.41) is 9.08. The SMILES string of the molecule is CCC1CC1(C#N)S(=O)(=O)c1ccc(F)c(F)c1. The van der Waals surface area contributed by atoms with Gasteiger partial charge in [-0.15, -0.1) is 0 Å². The lowest BCUT2D eigenvalue weighted by molar-refractivity contribution is 0.504. The van der Waals surface area contributed by atoms with Crippen molar-refractivity contribution in [2.75, 3.05) is 0 Å². The van der Waals surface area contributed by atoms with Crippen molar-refractivity contribution in [1.82, 2.24) is 0 Å². The topological polar surface area (TPSA) is 57.9 Å². The van der Waals surface area contributed by atoms with E-state index in [1.165, 1.54) is 0 Å². The Labute approximate surface area is 104 Å². The molecule has 0 spiro atoms. The van der Waals surface area contributed by atoms with E-state index < -0.39 is 26.2 Å². The second-order valence-corrected chi connectivity index (χ2v) is 6.60. The molecule has 0 heterocycles. The largest absolute Gasteiger partial charge is 0.222 e. The minimum Gasteiger partial charge on any atom is -0.222 e. The lowest BCUT2D eigenvalue weighted by atomic mass is 10.3. The normalized spacial score (nSPS) is 26.7. The fourth-order valence-corrected chi connectivity index (χ4v) is 4.23. The Bertz CT molecular complexity index is 636. The Balaban J connectivity index is 2.50. The van der Waals surface area contributed by atoms with Crippen LogP contribution in [0.5, 0.6) is 0 Å². The van der Waals surface area contributed by atoms with Crippen LogP contribution in [-0.4, -0.2) is 13.2 Å². The first kappa shape index (κ1) is 13.0. The Morgan fingerprint density at radius 2 is 2.11 bits per heavy atom. The molecular weight excluding hydrogens is 260 g/mol. The molecule has 1 fully saturated rings. The average Bonchev–Trinajstić information content (AvgIpc) is 3.08. The summed E-state index contributed by atoms with van der Waals surface area (Å²) in [6.07, 6.45) is 0.817. The van der Waals surface area contributed by atoms with E-state index in [1.54, 1.807) is 6.92 Å². The monoisotopic (exact) mass is 271 g/mol. The highest BCUT2D eigenvalue weighted by atomic mass is 32.2. The van der Waals surface area contributed by atoms with Crippen molar-refractivity contribution in [3.8, 4) is 6.07 Å². The van der Waals surface area contributed by atoms with Gasteiger partial charge in [0.15, 0.2) is 26.2 Å². The van der Waals surface area contributed by atoms with Crippen molar-refractivity contribution < 1.29 is 17.2 Å². The number of hydrogen-bond donors (Lipinski definition) is 0. The molecule has 0 aromatic heterocycles. The molecule has 3 nitrogen and oxygen atoms in total. The van der Waals surface area contributed by atoms with Crippen LogP contribution in [-0.2, 0) is 9.84 Å². The number of nitrogens with zero attached hydrogens (tertiary/aromatic N) is 1. The maximum absolute atomic E-state index is 13.1. The zero-order valence-corrected chi connectivity index (χ0v) is 10.5. The van der Waals surface area contributed by atoms with E-state index in [1.807, 2.05) is 6.07 Å². The van der Waals surface area contributed by atoms with Crippen LogP contribution in [0.2, 0.25) is 0 Å². The highest BCUT2D eigenvalue weighted by molar-refractivity contribution is 7.93. The molecule has 2 rings (SSSR count). The molecule has 1 aromatic rings. The van der Waals surface area contributed by atoms with Crippen LogP contribution in [0.25, 0.3) is 0 Å². The predicted octanol–water partition coefficient (Wildman–Crippen LogP) is 2.43. The maximum atomic E-state index is 13.1. The number of benzene rings is 1. The first-order valence-corrected chi connectivity index (χ1v) is 6.98. The van der Waals surface area contributed by atoms with E-state index in [2.05, 4.69) is 0 Å². The van der Waals surface area contributed by atoms with Gasteiger partial charge in [0.1, 0.15) is 0 Å². The molecule has 0 radical (unpaired) electrons. The molecule has 2 unspecified atom stereocenters. The molecule has 0 amide bonds. The average molecular weight is 271 g/mol. The maximum Gasteiger partial charge on any atom is 0.197 e. The highest BCUT2D eigenvalue weighted by Gasteiger charge is 2.64. The van der Waals surface area contributed by atoms with E-state index in [0.29, 0.717) is 12.5 Å². The van der Waals surface area contributed by atoms with Crippen molar-refractivity contribution in [2.24, 2.45) is 5.92 Å². The molecule has 1 saturated carbocycles. The second-order valence-electron chi connectivity index (χ2n) is 4.39. The second kappa shape index (κ2) is 4.02. The van der Waals surface area contributed by atoms with E-state index >= 15 is 0 Å². The van der Waals surface area contributed by atoms with Crippen LogP contribution in [0.3, 0.4) is 0 Å². The zero-order valence-electron chi connectivity index (χ0n) is 9.65. The lowest BCUT2D eigenvalue weighted by Crippen LogP contribution is -2.24. The van der Waals surface area contributed by atoms with E-state index in [-0.39, 0.29) is 17.2 Å². The molecule has 1 aromatic carbocycles. The van der Waals surface area contributed by atoms with Crippen molar-refractivity contribution in [3.63, 3.8) is 0 Å². The fraction of sp³-hybridized carbons (Fsp3) is 0.417. The highest BCUT2D eigenvalue weighted by Crippen LogP contribution is 2.53. The Morgan fingerprint density at radius 1 is 1.44 bits per heavy atom. The molecular formula is C12H11F2NO2S. The fourth-order valence-electron chi connectivity index (χ4n) is 2.16. The van der Waals surface area contributed by atoms with Crippen LogP contribution in [0.15, 0.2) is 23.1 Å². The third-order valence-corrected chi connectivity index (χ3v) is 5.84. The van der Waals surface area contributed by atoms with Crippen molar-refractivity contribution in [3.05, 3.63) is 29.8 Å². The summed E-state index contributed by atoms with van der Waals surface area (Å²) in [6, 6.07) is 4.21. The van der Waals surface area contributed by atoms with Crippen LogP contribution >= 0.6 is 0 Å². The van der Waals surface area contributed by atoms with Gasteiger partial charge in [0.05, 0.1) is 11.0 Å². The standard InChI is InChI=1S/C12H11F2NO2S/c1-2-8-6-12(8,7-15)18(16,17)9-3-4-10(13)11(14)5-9/h3-5,8H,2,6H2,1H3. The predicted molar refractivity (Wildman–Crippen MR) is 60.3 cm³/mol. The summed E-state index contributed by atoms with van der Waals surface area (Å²) < 4.78 is 48.9. The first-order valence-electron chi connectivity index (χ1n) is 5.50. The molecule has 2 atom stereocenters. The van der Waals surface area contributed by atoms with Gasteiger partial charge in [-0.25, -0.2) is 17.2 Å². The quantitative estimate of drug-likeness (QED) is 0.793. The molecule has 0 N–H and O–H groups in total. The van der Waals surface area contributed by atoms with E-state index in [0.717, 1.165) is 12.1 Å². The zero-order chi connectivity index (χ0) is 13.6. The molecule has 96 valence electrons. The number of rotatable bonds is 3. The molecule has 1 aliphatic carbocycles. The molecule has 0 bridgehead atoms. The summed E-state index contributed by atoms with van der Waals surface area (Å²) in [5.41, 5.74) is 0. The number of nitriles is 1. The number of hydrogen-bond acceptors (Lipinski definition) is 3. The minimum absolute atomic E-state index is 0.236. The van der Waals surface area contributed by atoms with Crippen LogP contribution in [0, 0.1) is 28.9 Å². The van der Waals surface area contributed by atoms with Crippen LogP contribution in [0.1, 0.15) is 19.8 Å². The van der Waals surface area contributed by atoms with Crippen molar-refractivity contribution in [2.45, 2.75) is 29.4 Å². The van der Waals surface area contributed by atoms with Gasteiger partial charge >= 0.3 is 0 Å². The summed E-state index contributed by atoms with van der Waals surface area (Å²) in [5.74, 6) is -2.57. The smallest absolute Gasteiger partial charge is 0.197 e. The Hall–Kier alpha value is -1.48. The van der Waals surface area contributed by atoms with Gasteiger partial charge in [0.25, 0.3) is 0 Å². The summed E-state index contributed by atoms with van der Waals surface area (Å²) >= 11 is 0. The summed E-state index contributed by atoms with van der Waals surface area (Å²) in [4.78, 5) is -0.334. The molecule has 1 aliphatic rings. The number of sulfone groups is 1. The van der Waals surface area contributed by atoms with Gasteiger partial charge in [-0.3, -0.25) is 0 Å². The molecule has 6 heteroatoms. The molecule has 0 saturated heterocycles. The lowest BCUT2D eigenvalue weighted by Gasteiger charge is -2.10. The summed E-state index contributed by atoms with van der Waals surface area (Å²) in [6.45, 7) is 1.80. The van der Waals surface area contributed by atoms with Gasteiger partial charge in [-0.1, -0.05) is 13.3 Å². The first-order chi connectivity index (χ1) is 8.39. The van der Waals surface area contributed by atoms with Crippen molar-refractivity contribution >= 4 is 9.84 Å². The van der Waals surface area contributed by atoms with Gasteiger partial charge in [0.2, 0.25) is 0 Å². The van der Waals surface area contributed by atoms with Gasteiger partial charge in [0, 0.05) is 0 Å². The van der Waals surface area contributed by atoms with Gasteiger partial charge < -0.3 is 0 Å². The number of halogens is 2. The van der Waals surface area contributed by atoms with Gasteiger partial charge in [-0.05, 0) is 30.5 Å². The van der Waals surface area contributed by atoms with Gasteiger partial charge in [-0.2, -0.15) is 5.26 Å². The minimum atomic E-state index is -3.95. The molecule has 18 heavy (non-hydrogen) atoms. The van der Waals surface area contributed by atoms with Crippen LogP contribution < -0.4 is 0 Å². The third-order valence-electron chi connectivity index (χ3n) is 3.41. The Morgan fingerprint density at radius 3 is 2.56 bits per heavy atom. The molecule has 0 aliphatic heterocycles.